The fraction of sp³-hybridized carbons (Fsp3) is 0.455. The molecule has 0 amide bonds. The van der Waals surface area contributed by atoms with Crippen molar-refractivity contribution in [2.75, 3.05) is 0 Å². The smallest absolute Gasteiger partial charge is 1.00 e. The molecular weight excluding hydrogens is 208 g/mol. The second-order valence-electron chi connectivity index (χ2n) is 3.47. The number of hydrogen-bond acceptors (Lipinski definition) is 1. The van der Waals surface area contributed by atoms with Gasteiger partial charge in [0, 0.05) is 0 Å². The molecule has 1 nitrogen and oxygen atoms in total. The first-order valence-electron chi connectivity index (χ1n) is 4.40. The molecule has 0 fully saturated rings. The maximum Gasteiger partial charge on any atom is 2.00 e. The summed E-state index contributed by atoms with van der Waals surface area (Å²) in [6.07, 6.45) is 0.186. The second-order valence-corrected chi connectivity index (χ2v) is 3.47. The van der Waals surface area contributed by atoms with Gasteiger partial charge in [-0.15, -0.1) is 6.10 Å². The van der Waals surface area contributed by atoms with Gasteiger partial charge in [-0.2, -0.15) is 0 Å². The quantitative estimate of drug-likeness (QED) is 0.556. The Morgan fingerprint density at radius 2 is 1.64 bits per heavy atom. The van der Waals surface area contributed by atoms with Gasteiger partial charge in [0.25, 0.3) is 0 Å². The van der Waals surface area contributed by atoms with E-state index in [9.17, 15) is 5.11 Å². The largest absolute Gasteiger partial charge is 2.00 e. The maximum atomic E-state index is 11.4. The molecule has 1 rings (SSSR count). The van der Waals surface area contributed by atoms with Crippen LogP contribution in [0.3, 0.4) is 0 Å². The van der Waals surface area contributed by atoms with E-state index in [1.54, 1.807) is 0 Å². The van der Waals surface area contributed by atoms with Gasteiger partial charge in [0.2, 0.25) is 0 Å². The fourth-order valence-electron chi connectivity index (χ4n) is 1.08. The molecule has 0 bridgehead atoms. The van der Waals surface area contributed by atoms with Crippen molar-refractivity contribution in [2.45, 2.75) is 26.4 Å². The van der Waals surface area contributed by atoms with Crippen LogP contribution in [-0.4, -0.2) is 29.2 Å². The van der Waals surface area contributed by atoms with Crippen LogP contribution in [0.2, 0.25) is 0 Å². The molecule has 3 heteroatoms. The first-order valence-corrected chi connectivity index (χ1v) is 4.40. The third-order valence-corrected chi connectivity index (χ3v) is 2.02. The third-order valence-electron chi connectivity index (χ3n) is 2.02. The van der Waals surface area contributed by atoms with E-state index < -0.39 is 6.10 Å². The van der Waals surface area contributed by atoms with Gasteiger partial charge in [-0.1, -0.05) is 50.1 Å². The number of benzene rings is 1. The summed E-state index contributed by atoms with van der Waals surface area (Å²) in [7, 11) is 0. The summed E-state index contributed by atoms with van der Waals surface area (Å²) in [6, 6.07) is 9.93. The first-order chi connectivity index (χ1) is 5.70. The molecule has 1 aromatic rings. The zero-order valence-corrected chi connectivity index (χ0v) is 10.9. The molecule has 0 heterocycles. The van der Waals surface area contributed by atoms with Crippen molar-refractivity contribution in [1.29, 1.82) is 0 Å². The Morgan fingerprint density at radius 3 is 2.07 bits per heavy atom. The molecule has 0 N–H and O–H groups in total. The maximum absolute atomic E-state index is 11.4. The molecule has 0 saturated heterocycles. The van der Waals surface area contributed by atoms with Crippen LogP contribution in [0.25, 0.3) is 0 Å². The third kappa shape index (κ3) is 5.86. The van der Waals surface area contributed by atoms with Crippen molar-refractivity contribution in [3.8, 4) is 0 Å². The zero-order valence-electron chi connectivity index (χ0n) is 8.74. The SMILES string of the molecule is CC(C)C([O-])Cc1ccccc1.[Cl-].[Mg+2]. The number of rotatable bonds is 3. The molecule has 0 aliphatic carbocycles. The molecule has 0 spiro atoms. The van der Waals surface area contributed by atoms with Crippen LogP contribution in [0.1, 0.15) is 19.4 Å². The summed E-state index contributed by atoms with van der Waals surface area (Å²) in [5.74, 6) is 0.227. The van der Waals surface area contributed by atoms with Gasteiger partial charge in [-0.3, -0.25) is 0 Å². The van der Waals surface area contributed by atoms with Crippen LogP contribution in [-0.2, 0) is 6.42 Å². The Morgan fingerprint density at radius 1 is 1.14 bits per heavy atom. The van der Waals surface area contributed by atoms with Crippen molar-refractivity contribution in [3.63, 3.8) is 0 Å². The minimum absolute atomic E-state index is 0. The van der Waals surface area contributed by atoms with Gasteiger partial charge in [-0.25, -0.2) is 0 Å². The monoisotopic (exact) mass is 222 g/mol. The molecule has 14 heavy (non-hydrogen) atoms. The van der Waals surface area contributed by atoms with Crippen LogP contribution in [0.4, 0.5) is 0 Å². The summed E-state index contributed by atoms with van der Waals surface area (Å²) < 4.78 is 0. The van der Waals surface area contributed by atoms with Gasteiger partial charge in [-0.05, 0) is 12.0 Å². The van der Waals surface area contributed by atoms with Crippen molar-refractivity contribution < 1.29 is 17.5 Å². The number of hydrogen-bond donors (Lipinski definition) is 0. The molecule has 1 unspecified atom stereocenters. The molecule has 1 atom stereocenters. The molecule has 1 aromatic carbocycles. The number of halogens is 1. The Labute approximate surface area is 108 Å². The van der Waals surface area contributed by atoms with Crippen molar-refractivity contribution in [1.82, 2.24) is 0 Å². The van der Waals surface area contributed by atoms with Crippen molar-refractivity contribution >= 4 is 23.1 Å². The molecule has 0 radical (unpaired) electrons. The predicted octanol–water partition coefficient (Wildman–Crippen LogP) is -1.76. The van der Waals surface area contributed by atoms with Crippen LogP contribution < -0.4 is 17.5 Å². The summed E-state index contributed by atoms with van der Waals surface area (Å²) in [5, 5.41) is 11.4. The summed E-state index contributed by atoms with van der Waals surface area (Å²) in [4.78, 5) is 0. The topological polar surface area (TPSA) is 23.1 Å². The summed E-state index contributed by atoms with van der Waals surface area (Å²) >= 11 is 0. The molecule has 0 aliphatic rings. The van der Waals surface area contributed by atoms with E-state index in [2.05, 4.69) is 0 Å². The Balaban J connectivity index is 0. The second kappa shape index (κ2) is 8.54. The average molecular weight is 223 g/mol. The molecule has 0 aliphatic heterocycles. The standard InChI is InChI=1S/C11H15O.ClH.Mg/c1-9(2)11(12)8-10-6-4-3-5-7-10;;/h3-7,9,11H,8H2,1-2H3;1H;/q-1;;+2/p-1. The van der Waals surface area contributed by atoms with E-state index in [1.165, 1.54) is 0 Å². The van der Waals surface area contributed by atoms with Crippen LogP contribution >= 0.6 is 0 Å². The van der Waals surface area contributed by atoms with E-state index in [4.69, 9.17) is 0 Å². The predicted molar refractivity (Wildman–Crippen MR) is 54.5 cm³/mol. The Hall–Kier alpha value is 0.236. The van der Waals surface area contributed by atoms with E-state index in [0.717, 1.165) is 5.56 Å². The average Bonchev–Trinajstić information content (AvgIpc) is 2.06. The minimum Gasteiger partial charge on any atom is -1.00 e. The van der Waals surface area contributed by atoms with E-state index in [-0.39, 0.29) is 41.4 Å². The Kier molecular flexibility index (Phi) is 10.2. The summed E-state index contributed by atoms with van der Waals surface area (Å²) in [6.45, 7) is 3.95. The normalized spacial score (nSPS) is 11.4. The van der Waals surface area contributed by atoms with E-state index in [1.807, 2.05) is 44.2 Å². The Bertz CT molecular complexity index is 226. The van der Waals surface area contributed by atoms with Gasteiger partial charge < -0.3 is 17.5 Å². The van der Waals surface area contributed by atoms with Gasteiger partial charge in [0.1, 0.15) is 0 Å². The minimum atomic E-state index is -0.465. The first kappa shape index (κ1) is 16.7. The van der Waals surface area contributed by atoms with Crippen molar-refractivity contribution in [3.05, 3.63) is 35.9 Å². The van der Waals surface area contributed by atoms with Crippen molar-refractivity contribution in [2.24, 2.45) is 5.92 Å². The van der Waals surface area contributed by atoms with Gasteiger partial charge in [0.15, 0.2) is 0 Å². The van der Waals surface area contributed by atoms with Crippen LogP contribution in [0, 0.1) is 5.92 Å². The summed E-state index contributed by atoms with van der Waals surface area (Å²) in [5.41, 5.74) is 1.14. The van der Waals surface area contributed by atoms with Crippen LogP contribution in [0.5, 0.6) is 0 Å². The molecule has 74 valence electrons. The molecule has 0 saturated carbocycles. The fourth-order valence-corrected chi connectivity index (χ4v) is 1.08. The zero-order chi connectivity index (χ0) is 8.97. The van der Waals surface area contributed by atoms with Crippen LogP contribution in [0.15, 0.2) is 30.3 Å². The van der Waals surface area contributed by atoms with E-state index >= 15 is 0 Å². The van der Waals surface area contributed by atoms with E-state index in [0.29, 0.717) is 6.42 Å². The molecular formula is C11H15ClMgO. The van der Waals surface area contributed by atoms with Gasteiger partial charge in [0.05, 0.1) is 0 Å². The van der Waals surface area contributed by atoms with Gasteiger partial charge >= 0.3 is 23.1 Å². The molecule has 0 aromatic heterocycles.